The molecule has 0 radical (unpaired) electrons. The van der Waals surface area contributed by atoms with Crippen molar-refractivity contribution >= 4 is 29.1 Å². The van der Waals surface area contributed by atoms with Crippen LogP contribution in [0.2, 0.25) is 10.0 Å². The number of amides is 1. The second kappa shape index (κ2) is 6.53. The van der Waals surface area contributed by atoms with Crippen molar-refractivity contribution in [1.29, 1.82) is 0 Å². The summed E-state index contributed by atoms with van der Waals surface area (Å²) < 4.78 is 3.28. The van der Waals surface area contributed by atoms with Gasteiger partial charge in [0.2, 0.25) is 0 Å². The number of halogens is 2. The molecule has 1 atom stereocenters. The minimum atomic E-state index is -0.112. The van der Waals surface area contributed by atoms with Crippen LogP contribution in [-0.2, 0) is 14.1 Å². The number of aryl methyl sites for hydroxylation is 2. The van der Waals surface area contributed by atoms with Crippen molar-refractivity contribution in [2.24, 2.45) is 14.1 Å². The first-order valence-corrected chi connectivity index (χ1v) is 8.42. The van der Waals surface area contributed by atoms with E-state index in [2.05, 4.69) is 10.2 Å². The molecule has 6 nitrogen and oxygen atoms in total. The maximum absolute atomic E-state index is 13.1. The number of hydrogen-bond acceptors (Lipinski definition) is 3. The predicted octanol–water partition coefficient (Wildman–Crippen LogP) is 3.22. The van der Waals surface area contributed by atoms with E-state index in [1.54, 1.807) is 17.9 Å². The second-order valence-electron chi connectivity index (χ2n) is 5.83. The SMILES string of the molecule is Cn1ncc(Cl)c1C(=O)N1CCCCC[C@H]1c1c(Cl)cnn1C. The van der Waals surface area contributed by atoms with E-state index in [0.29, 0.717) is 22.3 Å². The molecule has 1 fully saturated rings. The van der Waals surface area contributed by atoms with Gasteiger partial charge in [-0.15, -0.1) is 0 Å². The molecule has 8 heteroatoms. The molecule has 0 N–H and O–H groups in total. The zero-order valence-corrected chi connectivity index (χ0v) is 14.7. The molecule has 124 valence electrons. The van der Waals surface area contributed by atoms with E-state index in [0.717, 1.165) is 31.4 Å². The molecule has 0 saturated carbocycles. The number of rotatable bonds is 2. The lowest BCUT2D eigenvalue weighted by atomic mass is 10.1. The van der Waals surface area contributed by atoms with Gasteiger partial charge in [0.25, 0.3) is 5.91 Å². The van der Waals surface area contributed by atoms with E-state index in [1.165, 1.54) is 10.9 Å². The maximum atomic E-state index is 13.1. The van der Waals surface area contributed by atoms with Crippen LogP contribution >= 0.6 is 23.2 Å². The van der Waals surface area contributed by atoms with Crippen LogP contribution in [0.25, 0.3) is 0 Å². The van der Waals surface area contributed by atoms with E-state index < -0.39 is 0 Å². The van der Waals surface area contributed by atoms with Crippen molar-refractivity contribution in [2.75, 3.05) is 6.54 Å². The van der Waals surface area contributed by atoms with Gasteiger partial charge in [0, 0.05) is 20.6 Å². The molecule has 1 aliphatic heterocycles. The van der Waals surface area contributed by atoms with Gasteiger partial charge in [0.15, 0.2) is 0 Å². The van der Waals surface area contributed by atoms with Gasteiger partial charge in [0.1, 0.15) is 5.69 Å². The molecule has 0 spiro atoms. The Morgan fingerprint density at radius 3 is 2.39 bits per heavy atom. The van der Waals surface area contributed by atoms with Crippen molar-refractivity contribution in [1.82, 2.24) is 24.5 Å². The van der Waals surface area contributed by atoms with Crippen molar-refractivity contribution in [2.45, 2.75) is 31.7 Å². The molecule has 0 aromatic carbocycles. The summed E-state index contributed by atoms with van der Waals surface area (Å²) in [7, 11) is 3.58. The molecule has 3 rings (SSSR count). The quantitative estimate of drug-likeness (QED) is 0.830. The highest BCUT2D eigenvalue weighted by Crippen LogP contribution is 2.35. The lowest BCUT2D eigenvalue weighted by molar-refractivity contribution is 0.0662. The van der Waals surface area contributed by atoms with Crippen LogP contribution in [0.15, 0.2) is 12.4 Å². The Balaban J connectivity index is 2.01. The number of hydrogen-bond donors (Lipinski definition) is 0. The zero-order chi connectivity index (χ0) is 16.6. The summed E-state index contributed by atoms with van der Waals surface area (Å²) in [6, 6.07) is -0.101. The van der Waals surface area contributed by atoms with Gasteiger partial charge in [-0.1, -0.05) is 36.0 Å². The Morgan fingerprint density at radius 2 is 1.78 bits per heavy atom. The van der Waals surface area contributed by atoms with Crippen LogP contribution in [0.5, 0.6) is 0 Å². The third kappa shape index (κ3) is 2.97. The standard InChI is InChI=1S/C15H19Cl2N5O/c1-20-13(10(16)8-18-20)12-6-4-3-5-7-22(12)15(23)14-11(17)9-19-21(14)2/h8-9,12H,3-7H2,1-2H3/t12-/m0/s1. The molecule has 23 heavy (non-hydrogen) atoms. The van der Waals surface area contributed by atoms with Crippen molar-refractivity contribution in [3.05, 3.63) is 33.8 Å². The lowest BCUT2D eigenvalue weighted by Crippen LogP contribution is -2.37. The number of carbonyl (C=O) groups excluding carboxylic acids is 1. The topological polar surface area (TPSA) is 56.0 Å². The number of likely N-dealkylation sites (tertiary alicyclic amines) is 1. The van der Waals surface area contributed by atoms with Crippen molar-refractivity contribution in [3.63, 3.8) is 0 Å². The summed E-state index contributed by atoms with van der Waals surface area (Å²) in [5, 5.41) is 9.25. The summed E-state index contributed by atoms with van der Waals surface area (Å²) in [5.74, 6) is -0.112. The van der Waals surface area contributed by atoms with Gasteiger partial charge < -0.3 is 4.90 Å². The molecule has 2 aromatic rings. The highest BCUT2D eigenvalue weighted by Gasteiger charge is 2.33. The minimum Gasteiger partial charge on any atom is -0.329 e. The van der Waals surface area contributed by atoms with Crippen LogP contribution in [-0.4, -0.2) is 36.9 Å². The minimum absolute atomic E-state index is 0.101. The zero-order valence-electron chi connectivity index (χ0n) is 13.2. The van der Waals surface area contributed by atoms with E-state index in [1.807, 2.05) is 11.9 Å². The van der Waals surface area contributed by atoms with E-state index in [9.17, 15) is 4.79 Å². The van der Waals surface area contributed by atoms with Gasteiger partial charge >= 0.3 is 0 Å². The molecule has 0 bridgehead atoms. The third-order valence-electron chi connectivity index (χ3n) is 4.36. The highest BCUT2D eigenvalue weighted by molar-refractivity contribution is 6.33. The van der Waals surface area contributed by atoms with Crippen LogP contribution in [0.3, 0.4) is 0 Å². The average Bonchev–Trinajstić information content (AvgIpc) is 2.92. The number of aromatic nitrogens is 4. The molecular weight excluding hydrogens is 337 g/mol. The molecule has 0 unspecified atom stereocenters. The van der Waals surface area contributed by atoms with E-state index in [4.69, 9.17) is 23.2 Å². The van der Waals surface area contributed by atoms with Crippen molar-refractivity contribution in [3.8, 4) is 0 Å². The van der Waals surface area contributed by atoms with Gasteiger partial charge in [-0.2, -0.15) is 10.2 Å². The Kier molecular flexibility index (Phi) is 4.64. The van der Waals surface area contributed by atoms with Crippen LogP contribution in [0.4, 0.5) is 0 Å². The van der Waals surface area contributed by atoms with Gasteiger partial charge in [-0.05, 0) is 12.8 Å². The predicted molar refractivity (Wildman–Crippen MR) is 88.7 cm³/mol. The fourth-order valence-electron chi connectivity index (χ4n) is 3.22. The summed E-state index contributed by atoms with van der Waals surface area (Å²) >= 11 is 12.5. The Hall–Kier alpha value is -1.53. The second-order valence-corrected chi connectivity index (χ2v) is 6.64. The molecule has 0 aliphatic carbocycles. The smallest absolute Gasteiger partial charge is 0.274 e. The first-order chi connectivity index (χ1) is 11.0. The van der Waals surface area contributed by atoms with Gasteiger partial charge in [0.05, 0.1) is 34.2 Å². The Labute approximate surface area is 145 Å². The number of nitrogens with zero attached hydrogens (tertiary/aromatic N) is 5. The fraction of sp³-hybridized carbons (Fsp3) is 0.533. The molecule has 1 saturated heterocycles. The summed E-state index contributed by atoms with van der Waals surface area (Å²) in [6.07, 6.45) is 7.09. The molecule has 2 aromatic heterocycles. The number of carbonyl (C=O) groups is 1. The molecular formula is C15H19Cl2N5O. The van der Waals surface area contributed by atoms with E-state index in [-0.39, 0.29) is 11.9 Å². The monoisotopic (exact) mass is 355 g/mol. The Morgan fingerprint density at radius 1 is 1.09 bits per heavy atom. The molecule has 1 amide bonds. The van der Waals surface area contributed by atoms with Gasteiger partial charge in [-0.3, -0.25) is 14.2 Å². The average molecular weight is 356 g/mol. The third-order valence-corrected chi connectivity index (χ3v) is 4.93. The first kappa shape index (κ1) is 16.3. The van der Waals surface area contributed by atoms with Crippen molar-refractivity contribution < 1.29 is 4.79 Å². The fourth-order valence-corrected chi connectivity index (χ4v) is 3.76. The maximum Gasteiger partial charge on any atom is 0.274 e. The van der Waals surface area contributed by atoms with Crippen LogP contribution in [0.1, 0.15) is 47.9 Å². The first-order valence-electron chi connectivity index (χ1n) is 7.66. The van der Waals surface area contributed by atoms with E-state index >= 15 is 0 Å². The Bertz CT molecular complexity index is 685. The largest absolute Gasteiger partial charge is 0.329 e. The summed E-state index contributed by atoms with van der Waals surface area (Å²) in [5.41, 5.74) is 1.29. The lowest BCUT2D eigenvalue weighted by Gasteiger charge is -2.30. The summed E-state index contributed by atoms with van der Waals surface area (Å²) in [4.78, 5) is 15.0. The molecule has 3 heterocycles. The normalized spacial score (nSPS) is 19.0. The van der Waals surface area contributed by atoms with Crippen LogP contribution < -0.4 is 0 Å². The highest BCUT2D eigenvalue weighted by atomic mass is 35.5. The summed E-state index contributed by atoms with van der Waals surface area (Å²) in [6.45, 7) is 0.673. The van der Waals surface area contributed by atoms with Gasteiger partial charge in [-0.25, -0.2) is 0 Å². The van der Waals surface area contributed by atoms with Crippen LogP contribution in [0, 0.1) is 0 Å². The molecule has 1 aliphatic rings.